The molecule has 0 spiro atoms. The average molecular weight is 233 g/mol. The van der Waals surface area contributed by atoms with Crippen molar-refractivity contribution >= 4 is 17.3 Å². The number of aromatic nitrogens is 1. The van der Waals surface area contributed by atoms with Gasteiger partial charge in [0.25, 0.3) is 0 Å². The number of aryl methyl sites for hydroxylation is 1. The third-order valence-electron chi connectivity index (χ3n) is 2.03. The summed E-state index contributed by atoms with van der Waals surface area (Å²) in [4.78, 5) is 16.5. The molecule has 0 amide bonds. The van der Waals surface area contributed by atoms with Crippen molar-refractivity contribution in [2.45, 2.75) is 12.8 Å². The van der Waals surface area contributed by atoms with Crippen molar-refractivity contribution in [3.8, 4) is 5.75 Å². The van der Waals surface area contributed by atoms with Gasteiger partial charge in [-0.3, -0.25) is 9.78 Å². The Bertz CT molecular complexity index is 439. The number of para-hydroxylation sites is 1. The van der Waals surface area contributed by atoms with Crippen LogP contribution in [0.5, 0.6) is 5.75 Å². The number of hydrogen-bond donors (Lipinski definition) is 0. The fraction of sp³-hybridized carbons (Fsp3) is 0.167. The van der Waals surface area contributed by atoms with Crippen LogP contribution in [0.3, 0.4) is 0 Å². The second-order valence-electron chi connectivity index (χ2n) is 3.25. The van der Waals surface area contributed by atoms with Gasteiger partial charge in [-0.05, 0) is 18.6 Å². The first kappa shape index (κ1) is 10.8. The van der Waals surface area contributed by atoms with E-state index in [-0.39, 0.29) is 5.97 Å². The third kappa shape index (κ3) is 3.17. The van der Waals surface area contributed by atoms with Crippen molar-refractivity contribution < 1.29 is 9.53 Å². The molecule has 16 heavy (non-hydrogen) atoms. The SMILES string of the molecule is O=C(CCc1cncs1)Oc1ccccc1. The molecule has 0 aliphatic carbocycles. The lowest BCUT2D eigenvalue weighted by Crippen LogP contribution is -2.08. The molecule has 0 atom stereocenters. The number of rotatable bonds is 4. The summed E-state index contributed by atoms with van der Waals surface area (Å²) in [5.41, 5.74) is 1.76. The number of thiazole rings is 1. The van der Waals surface area contributed by atoms with Gasteiger partial charge in [0.2, 0.25) is 0 Å². The van der Waals surface area contributed by atoms with Crippen molar-refractivity contribution in [3.63, 3.8) is 0 Å². The van der Waals surface area contributed by atoms with Gasteiger partial charge >= 0.3 is 5.97 Å². The van der Waals surface area contributed by atoms with Crippen LogP contribution in [0.4, 0.5) is 0 Å². The first-order valence-corrected chi connectivity index (χ1v) is 5.85. The lowest BCUT2D eigenvalue weighted by Gasteiger charge is -2.02. The average Bonchev–Trinajstić information content (AvgIpc) is 2.81. The van der Waals surface area contributed by atoms with Crippen LogP contribution in [0.25, 0.3) is 0 Å². The van der Waals surface area contributed by atoms with Crippen molar-refractivity contribution in [1.82, 2.24) is 4.98 Å². The van der Waals surface area contributed by atoms with E-state index in [9.17, 15) is 4.79 Å². The highest BCUT2D eigenvalue weighted by Crippen LogP contribution is 2.12. The minimum absolute atomic E-state index is 0.209. The summed E-state index contributed by atoms with van der Waals surface area (Å²) in [6.07, 6.45) is 2.86. The molecule has 0 fully saturated rings. The zero-order chi connectivity index (χ0) is 11.2. The lowest BCUT2D eigenvalue weighted by atomic mass is 10.3. The minimum Gasteiger partial charge on any atom is -0.427 e. The van der Waals surface area contributed by atoms with Gasteiger partial charge in [-0.2, -0.15) is 0 Å². The Morgan fingerprint density at radius 1 is 1.31 bits per heavy atom. The minimum atomic E-state index is -0.209. The highest BCUT2D eigenvalue weighted by molar-refractivity contribution is 7.09. The third-order valence-corrected chi connectivity index (χ3v) is 2.87. The van der Waals surface area contributed by atoms with E-state index in [1.165, 1.54) is 0 Å². The van der Waals surface area contributed by atoms with Gasteiger partial charge in [-0.25, -0.2) is 0 Å². The number of nitrogens with zero attached hydrogens (tertiary/aromatic N) is 1. The number of benzene rings is 1. The molecule has 82 valence electrons. The van der Waals surface area contributed by atoms with Gasteiger partial charge < -0.3 is 4.74 Å². The summed E-state index contributed by atoms with van der Waals surface area (Å²) in [5.74, 6) is 0.386. The molecule has 0 saturated carbocycles. The summed E-state index contributed by atoms with van der Waals surface area (Å²) in [7, 11) is 0. The van der Waals surface area contributed by atoms with Crippen LogP contribution < -0.4 is 4.74 Å². The fourth-order valence-corrected chi connectivity index (χ4v) is 1.86. The van der Waals surface area contributed by atoms with Crippen molar-refractivity contribution in [3.05, 3.63) is 46.9 Å². The topological polar surface area (TPSA) is 39.2 Å². The molecule has 1 aromatic heterocycles. The van der Waals surface area contributed by atoms with Crippen LogP contribution in [0.15, 0.2) is 42.0 Å². The van der Waals surface area contributed by atoms with E-state index >= 15 is 0 Å². The molecule has 0 saturated heterocycles. The Kier molecular flexibility index (Phi) is 3.66. The largest absolute Gasteiger partial charge is 0.427 e. The van der Waals surface area contributed by atoms with Crippen LogP contribution in [0.1, 0.15) is 11.3 Å². The zero-order valence-electron chi connectivity index (χ0n) is 8.63. The van der Waals surface area contributed by atoms with Gasteiger partial charge in [-0.15, -0.1) is 11.3 Å². The van der Waals surface area contributed by atoms with E-state index in [0.29, 0.717) is 18.6 Å². The van der Waals surface area contributed by atoms with E-state index in [0.717, 1.165) is 4.88 Å². The number of esters is 1. The molecule has 1 heterocycles. The number of carbonyl (C=O) groups excluding carboxylic acids is 1. The Morgan fingerprint density at radius 2 is 2.12 bits per heavy atom. The zero-order valence-corrected chi connectivity index (χ0v) is 9.44. The summed E-state index contributed by atoms with van der Waals surface area (Å²) in [6, 6.07) is 9.10. The van der Waals surface area contributed by atoms with Gasteiger partial charge in [0.05, 0.1) is 11.9 Å². The molecule has 0 N–H and O–H groups in total. The summed E-state index contributed by atoms with van der Waals surface area (Å²) < 4.78 is 5.16. The highest BCUT2D eigenvalue weighted by atomic mass is 32.1. The molecule has 0 radical (unpaired) electrons. The fourth-order valence-electron chi connectivity index (χ4n) is 1.26. The molecule has 0 bridgehead atoms. The summed E-state index contributed by atoms with van der Waals surface area (Å²) >= 11 is 1.55. The maximum Gasteiger partial charge on any atom is 0.311 e. The lowest BCUT2D eigenvalue weighted by molar-refractivity contribution is -0.134. The molecule has 2 aromatic rings. The van der Waals surface area contributed by atoms with E-state index in [1.54, 1.807) is 35.2 Å². The predicted octanol–water partition coefficient (Wildman–Crippen LogP) is 2.68. The van der Waals surface area contributed by atoms with Crippen LogP contribution in [-0.4, -0.2) is 11.0 Å². The van der Waals surface area contributed by atoms with Crippen LogP contribution in [0.2, 0.25) is 0 Å². The molecule has 1 aromatic carbocycles. The Balaban J connectivity index is 1.81. The Hall–Kier alpha value is -1.68. The number of carbonyl (C=O) groups is 1. The molecular formula is C12H11NO2S. The maximum absolute atomic E-state index is 11.5. The van der Waals surface area contributed by atoms with E-state index in [1.807, 2.05) is 18.2 Å². The molecule has 0 aliphatic heterocycles. The smallest absolute Gasteiger partial charge is 0.311 e. The highest BCUT2D eigenvalue weighted by Gasteiger charge is 2.05. The van der Waals surface area contributed by atoms with Gasteiger partial charge in [0.15, 0.2) is 0 Å². The van der Waals surface area contributed by atoms with Gasteiger partial charge in [0.1, 0.15) is 5.75 Å². The Morgan fingerprint density at radius 3 is 2.81 bits per heavy atom. The van der Waals surface area contributed by atoms with Gasteiger partial charge in [-0.1, -0.05) is 18.2 Å². The van der Waals surface area contributed by atoms with E-state index in [2.05, 4.69) is 4.98 Å². The normalized spacial score (nSPS) is 10.0. The van der Waals surface area contributed by atoms with Crippen molar-refractivity contribution in [2.75, 3.05) is 0 Å². The summed E-state index contributed by atoms with van der Waals surface area (Å²) in [6.45, 7) is 0. The molecular weight excluding hydrogens is 222 g/mol. The maximum atomic E-state index is 11.5. The standard InChI is InChI=1S/C12H11NO2S/c14-12(7-6-11-8-13-9-16-11)15-10-4-2-1-3-5-10/h1-5,8-9H,6-7H2. The molecule has 0 unspecified atom stereocenters. The molecule has 3 nitrogen and oxygen atoms in total. The second kappa shape index (κ2) is 5.42. The van der Waals surface area contributed by atoms with Crippen LogP contribution in [-0.2, 0) is 11.2 Å². The number of hydrogen-bond acceptors (Lipinski definition) is 4. The van der Waals surface area contributed by atoms with Crippen LogP contribution in [0, 0.1) is 0 Å². The van der Waals surface area contributed by atoms with Crippen molar-refractivity contribution in [2.24, 2.45) is 0 Å². The summed E-state index contributed by atoms with van der Waals surface area (Å²) in [5, 5.41) is 0. The van der Waals surface area contributed by atoms with E-state index < -0.39 is 0 Å². The number of ether oxygens (including phenoxy) is 1. The first-order chi connectivity index (χ1) is 7.84. The predicted molar refractivity (Wildman–Crippen MR) is 62.5 cm³/mol. The van der Waals surface area contributed by atoms with Gasteiger partial charge in [0, 0.05) is 11.1 Å². The van der Waals surface area contributed by atoms with Crippen LogP contribution >= 0.6 is 11.3 Å². The molecule has 4 heteroatoms. The Labute approximate surface area is 97.7 Å². The second-order valence-corrected chi connectivity index (χ2v) is 4.23. The van der Waals surface area contributed by atoms with Crippen molar-refractivity contribution in [1.29, 1.82) is 0 Å². The molecule has 0 aliphatic rings. The first-order valence-electron chi connectivity index (χ1n) is 4.98. The quantitative estimate of drug-likeness (QED) is 0.602. The monoisotopic (exact) mass is 233 g/mol. The van der Waals surface area contributed by atoms with E-state index in [4.69, 9.17) is 4.74 Å². The molecule has 2 rings (SSSR count).